The van der Waals surface area contributed by atoms with Crippen LogP contribution in [0.4, 0.5) is 0 Å². The monoisotopic (exact) mass is 309 g/mol. The van der Waals surface area contributed by atoms with Crippen LogP contribution in [0.25, 0.3) is 0 Å². The van der Waals surface area contributed by atoms with E-state index in [2.05, 4.69) is 10.3 Å². The van der Waals surface area contributed by atoms with E-state index in [-0.39, 0.29) is 11.8 Å². The molecule has 0 radical (unpaired) electrons. The molecule has 0 aromatic carbocycles. The summed E-state index contributed by atoms with van der Waals surface area (Å²) in [6.07, 6.45) is 2.89. The topological polar surface area (TPSA) is 62.3 Å². The van der Waals surface area contributed by atoms with E-state index in [1.54, 1.807) is 18.0 Å². The Labute approximate surface area is 129 Å². The van der Waals surface area contributed by atoms with Crippen molar-refractivity contribution >= 4 is 23.2 Å². The number of carbonyl (C=O) groups excluding carboxylic acids is 2. The molecule has 0 spiro atoms. The highest BCUT2D eigenvalue weighted by Gasteiger charge is 2.52. The molecule has 2 atom stereocenters. The van der Waals surface area contributed by atoms with Crippen LogP contribution < -0.4 is 5.32 Å². The second-order valence-electron chi connectivity index (χ2n) is 6.17. The van der Waals surface area contributed by atoms with Gasteiger partial charge in [0.25, 0.3) is 0 Å². The van der Waals surface area contributed by atoms with Gasteiger partial charge in [-0.05, 0) is 33.6 Å². The van der Waals surface area contributed by atoms with Gasteiger partial charge in [0.05, 0.1) is 5.54 Å². The first kappa shape index (κ1) is 15.9. The van der Waals surface area contributed by atoms with Crippen molar-refractivity contribution in [3.8, 4) is 0 Å². The lowest BCUT2D eigenvalue weighted by atomic mass is 9.87. The Morgan fingerprint density at radius 3 is 2.57 bits per heavy atom. The zero-order valence-electron chi connectivity index (χ0n) is 13.3. The number of aromatic nitrogens is 1. The summed E-state index contributed by atoms with van der Waals surface area (Å²) >= 11 is 1.51. The molecule has 1 saturated heterocycles. The van der Waals surface area contributed by atoms with Crippen molar-refractivity contribution in [1.82, 2.24) is 15.2 Å². The Hall–Kier alpha value is -1.43. The van der Waals surface area contributed by atoms with Gasteiger partial charge in [0.1, 0.15) is 16.6 Å². The predicted octanol–water partition coefficient (Wildman–Crippen LogP) is 2.28. The molecule has 2 amide bonds. The third kappa shape index (κ3) is 2.46. The van der Waals surface area contributed by atoms with Gasteiger partial charge in [-0.2, -0.15) is 0 Å². The molecule has 0 saturated carbocycles. The average molecular weight is 309 g/mol. The van der Waals surface area contributed by atoms with Crippen LogP contribution in [-0.2, 0) is 15.1 Å². The minimum Gasteiger partial charge on any atom is -0.340 e. The Kier molecular flexibility index (Phi) is 4.10. The van der Waals surface area contributed by atoms with Crippen LogP contribution in [-0.4, -0.2) is 33.3 Å². The first-order valence-corrected chi connectivity index (χ1v) is 8.21. The molecule has 5 nitrogen and oxygen atoms in total. The lowest BCUT2D eigenvalue weighted by Crippen LogP contribution is -2.72. The van der Waals surface area contributed by atoms with Crippen LogP contribution in [0.5, 0.6) is 0 Å². The van der Waals surface area contributed by atoms with E-state index in [1.807, 2.05) is 33.1 Å². The average Bonchev–Trinajstić information content (AvgIpc) is 2.97. The summed E-state index contributed by atoms with van der Waals surface area (Å²) in [6.45, 7) is 9.56. The SMILES string of the molecule is CCC1C(=O)NC(C)(CC)C(=O)N1C(C)(C)c1nccs1. The molecule has 2 unspecified atom stereocenters. The van der Waals surface area contributed by atoms with E-state index >= 15 is 0 Å². The quantitative estimate of drug-likeness (QED) is 0.928. The van der Waals surface area contributed by atoms with Crippen LogP contribution in [0.15, 0.2) is 11.6 Å². The van der Waals surface area contributed by atoms with E-state index in [0.717, 1.165) is 5.01 Å². The lowest BCUT2D eigenvalue weighted by Gasteiger charge is -2.50. The van der Waals surface area contributed by atoms with Gasteiger partial charge in [-0.3, -0.25) is 9.59 Å². The Morgan fingerprint density at radius 2 is 2.10 bits per heavy atom. The van der Waals surface area contributed by atoms with Crippen LogP contribution in [0.2, 0.25) is 0 Å². The molecule has 2 heterocycles. The van der Waals surface area contributed by atoms with Crippen molar-refractivity contribution in [2.45, 2.75) is 64.6 Å². The van der Waals surface area contributed by atoms with Crippen molar-refractivity contribution in [1.29, 1.82) is 0 Å². The number of thiazole rings is 1. The maximum Gasteiger partial charge on any atom is 0.249 e. The highest BCUT2D eigenvalue weighted by molar-refractivity contribution is 7.09. The predicted molar refractivity (Wildman–Crippen MR) is 82.9 cm³/mol. The van der Waals surface area contributed by atoms with E-state index in [0.29, 0.717) is 12.8 Å². The molecular weight excluding hydrogens is 286 g/mol. The van der Waals surface area contributed by atoms with Crippen LogP contribution >= 0.6 is 11.3 Å². The fraction of sp³-hybridized carbons (Fsp3) is 0.667. The zero-order valence-corrected chi connectivity index (χ0v) is 14.1. The van der Waals surface area contributed by atoms with Gasteiger partial charge in [0.15, 0.2) is 0 Å². The molecule has 0 aliphatic carbocycles. The smallest absolute Gasteiger partial charge is 0.249 e. The van der Waals surface area contributed by atoms with Gasteiger partial charge < -0.3 is 10.2 Å². The minimum absolute atomic E-state index is 0.0309. The Balaban J connectivity index is 2.50. The molecule has 6 heteroatoms. The first-order valence-electron chi connectivity index (χ1n) is 7.33. The van der Waals surface area contributed by atoms with E-state index in [9.17, 15) is 9.59 Å². The number of rotatable bonds is 4. The molecule has 21 heavy (non-hydrogen) atoms. The largest absolute Gasteiger partial charge is 0.340 e. The molecule has 116 valence electrons. The normalized spacial score (nSPS) is 26.9. The summed E-state index contributed by atoms with van der Waals surface area (Å²) < 4.78 is 0. The summed E-state index contributed by atoms with van der Waals surface area (Å²) in [5.41, 5.74) is -1.43. The Morgan fingerprint density at radius 1 is 1.43 bits per heavy atom. The van der Waals surface area contributed by atoms with Gasteiger partial charge in [-0.15, -0.1) is 11.3 Å². The lowest BCUT2D eigenvalue weighted by molar-refractivity contribution is -0.162. The minimum atomic E-state index is -0.836. The fourth-order valence-corrected chi connectivity index (χ4v) is 3.57. The van der Waals surface area contributed by atoms with Gasteiger partial charge in [0.2, 0.25) is 11.8 Å². The highest BCUT2D eigenvalue weighted by atomic mass is 32.1. The molecule has 1 aliphatic rings. The molecule has 1 aliphatic heterocycles. The summed E-state index contributed by atoms with van der Waals surface area (Å²) in [4.78, 5) is 31.6. The molecule has 1 fully saturated rings. The second kappa shape index (κ2) is 5.40. The maximum atomic E-state index is 13.0. The summed E-state index contributed by atoms with van der Waals surface area (Å²) in [5.74, 6) is -0.109. The van der Waals surface area contributed by atoms with Crippen molar-refractivity contribution in [3.63, 3.8) is 0 Å². The summed E-state index contributed by atoms with van der Waals surface area (Å²) in [5, 5.41) is 5.64. The summed E-state index contributed by atoms with van der Waals surface area (Å²) in [7, 11) is 0. The number of nitrogens with zero attached hydrogens (tertiary/aromatic N) is 2. The van der Waals surface area contributed by atoms with Gasteiger partial charge in [0, 0.05) is 11.6 Å². The van der Waals surface area contributed by atoms with Crippen LogP contribution in [0, 0.1) is 0 Å². The number of hydrogen-bond donors (Lipinski definition) is 1. The third-order valence-electron chi connectivity index (χ3n) is 4.36. The highest BCUT2D eigenvalue weighted by Crippen LogP contribution is 2.36. The number of amides is 2. The maximum absolute atomic E-state index is 13.0. The molecule has 1 aromatic heterocycles. The van der Waals surface area contributed by atoms with Crippen molar-refractivity contribution in [3.05, 3.63) is 16.6 Å². The van der Waals surface area contributed by atoms with Crippen molar-refractivity contribution < 1.29 is 9.59 Å². The summed E-state index contributed by atoms with van der Waals surface area (Å²) in [6, 6.07) is -0.448. The molecule has 0 bridgehead atoms. The van der Waals surface area contributed by atoms with Gasteiger partial charge in [-0.1, -0.05) is 13.8 Å². The number of nitrogens with one attached hydrogen (secondary N) is 1. The van der Waals surface area contributed by atoms with Crippen molar-refractivity contribution in [2.24, 2.45) is 0 Å². The standard InChI is InChI=1S/C15H23N3O2S/c1-6-10-11(19)17-15(5,7-2)13(20)18(10)14(3,4)12-16-8-9-21-12/h8-10H,6-7H2,1-5H3,(H,17,19). The third-order valence-corrected chi connectivity index (χ3v) is 5.44. The second-order valence-corrected chi connectivity index (χ2v) is 7.06. The fourth-order valence-electron chi connectivity index (χ4n) is 2.81. The number of carbonyl (C=O) groups is 2. The number of piperazine rings is 1. The number of hydrogen-bond acceptors (Lipinski definition) is 4. The van der Waals surface area contributed by atoms with Gasteiger partial charge in [-0.25, -0.2) is 4.98 Å². The van der Waals surface area contributed by atoms with E-state index in [1.165, 1.54) is 11.3 Å². The van der Waals surface area contributed by atoms with E-state index in [4.69, 9.17) is 0 Å². The van der Waals surface area contributed by atoms with E-state index < -0.39 is 17.1 Å². The van der Waals surface area contributed by atoms with Crippen LogP contribution in [0.1, 0.15) is 52.5 Å². The molecular formula is C15H23N3O2S. The van der Waals surface area contributed by atoms with Gasteiger partial charge >= 0.3 is 0 Å². The Bertz CT molecular complexity index is 541. The van der Waals surface area contributed by atoms with Crippen LogP contribution in [0.3, 0.4) is 0 Å². The molecule has 2 rings (SSSR count). The van der Waals surface area contributed by atoms with Crippen molar-refractivity contribution in [2.75, 3.05) is 0 Å². The zero-order chi connectivity index (χ0) is 15.8. The molecule has 1 aromatic rings. The first-order chi connectivity index (χ1) is 9.78. The molecule has 1 N–H and O–H groups in total.